The summed E-state index contributed by atoms with van der Waals surface area (Å²) in [5, 5.41) is 3.66. The highest BCUT2D eigenvalue weighted by Gasteiger charge is 2.30. The number of nitrogens with zero attached hydrogens (tertiary/aromatic N) is 1. The molecule has 0 heterocycles. The molecule has 0 aliphatic heterocycles. The number of amides is 2. The molecule has 0 radical (unpaired) electrons. The molecule has 0 aliphatic carbocycles. The van der Waals surface area contributed by atoms with Crippen LogP contribution in [0.15, 0.2) is 84.9 Å². The molecule has 1 atom stereocenters. The minimum absolute atomic E-state index is 0.0563. The molecule has 3 rings (SSSR count). The second kappa shape index (κ2) is 15.1. The summed E-state index contributed by atoms with van der Waals surface area (Å²) < 4.78 is 5.39. The van der Waals surface area contributed by atoms with Crippen LogP contribution in [0.25, 0.3) is 0 Å². The molecule has 36 heavy (non-hydrogen) atoms. The number of benzene rings is 3. The van der Waals surface area contributed by atoms with Gasteiger partial charge in [-0.2, -0.15) is 0 Å². The number of ether oxygens (including phenoxy) is 1. The standard InChI is InChI=1S/C30H35ClN2O3/c1-2-36-21-9-20-32-30(35)28(22-25-12-7-4-8-13-25)33(23-26-14-17-27(31)18-15-26)29(34)19-16-24-10-5-3-6-11-24/h3-8,10-15,17-18,28H,2,9,16,19-23H2,1H3,(H,32,35)/t28-/m0/s1. The van der Waals surface area contributed by atoms with Crippen LogP contribution in [0.1, 0.15) is 36.5 Å². The van der Waals surface area contributed by atoms with Crippen molar-refractivity contribution in [2.24, 2.45) is 0 Å². The summed E-state index contributed by atoms with van der Waals surface area (Å²) in [7, 11) is 0. The third-order valence-electron chi connectivity index (χ3n) is 5.98. The molecule has 0 spiro atoms. The number of aryl methyl sites for hydroxylation is 1. The molecule has 0 aromatic heterocycles. The minimum atomic E-state index is -0.640. The zero-order valence-electron chi connectivity index (χ0n) is 20.9. The highest BCUT2D eigenvalue weighted by Crippen LogP contribution is 2.18. The summed E-state index contributed by atoms with van der Waals surface area (Å²) in [6.45, 7) is 4.01. The molecule has 0 aliphatic rings. The van der Waals surface area contributed by atoms with E-state index in [4.69, 9.17) is 16.3 Å². The van der Waals surface area contributed by atoms with Gasteiger partial charge in [-0.25, -0.2) is 0 Å². The van der Waals surface area contributed by atoms with Crippen molar-refractivity contribution in [1.82, 2.24) is 10.2 Å². The van der Waals surface area contributed by atoms with Crippen LogP contribution in [0.2, 0.25) is 5.02 Å². The summed E-state index contributed by atoms with van der Waals surface area (Å²) in [4.78, 5) is 28.8. The van der Waals surface area contributed by atoms with Gasteiger partial charge in [0, 0.05) is 44.2 Å². The van der Waals surface area contributed by atoms with Crippen molar-refractivity contribution in [3.8, 4) is 0 Å². The molecule has 0 fully saturated rings. The fraction of sp³-hybridized carbons (Fsp3) is 0.333. The Morgan fingerprint density at radius 1 is 0.889 bits per heavy atom. The van der Waals surface area contributed by atoms with Crippen LogP contribution in [-0.2, 0) is 33.7 Å². The maximum absolute atomic E-state index is 13.6. The number of carbonyl (C=O) groups is 2. The predicted octanol–water partition coefficient (Wildman–Crippen LogP) is 5.46. The van der Waals surface area contributed by atoms with Gasteiger partial charge in [0.2, 0.25) is 11.8 Å². The maximum Gasteiger partial charge on any atom is 0.243 e. The zero-order valence-corrected chi connectivity index (χ0v) is 21.6. The first-order valence-corrected chi connectivity index (χ1v) is 12.9. The monoisotopic (exact) mass is 506 g/mol. The Bertz CT molecular complexity index is 1060. The second-order valence-corrected chi connectivity index (χ2v) is 9.12. The number of rotatable bonds is 14. The van der Waals surface area contributed by atoms with Gasteiger partial charge in [0.1, 0.15) is 6.04 Å². The third-order valence-corrected chi connectivity index (χ3v) is 6.23. The highest BCUT2D eigenvalue weighted by molar-refractivity contribution is 6.30. The number of carbonyl (C=O) groups excluding carboxylic acids is 2. The van der Waals surface area contributed by atoms with Gasteiger partial charge in [-0.15, -0.1) is 0 Å². The van der Waals surface area contributed by atoms with E-state index in [1.165, 1.54) is 0 Å². The van der Waals surface area contributed by atoms with E-state index in [9.17, 15) is 9.59 Å². The topological polar surface area (TPSA) is 58.6 Å². The molecule has 0 saturated heterocycles. The van der Waals surface area contributed by atoms with Gasteiger partial charge in [-0.1, -0.05) is 84.4 Å². The van der Waals surface area contributed by atoms with Crippen LogP contribution in [-0.4, -0.2) is 42.5 Å². The van der Waals surface area contributed by atoms with E-state index in [1.807, 2.05) is 91.9 Å². The molecule has 6 heteroatoms. The van der Waals surface area contributed by atoms with E-state index in [1.54, 1.807) is 4.90 Å². The number of hydrogen-bond acceptors (Lipinski definition) is 3. The Balaban J connectivity index is 1.83. The van der Waals surface area contributed by atoms with Crippen LogP contribution in [0.4, 0.5) is 0 Å². The van der Waals surface area contributed by atoms with Crippen LogP contribution in [0.5, 0.6) is 0 Å². The Hall–Kier alpha value is -3.15. The first-order valence-electron chi connectivity index (χ1n) is 12.5. The fourth-order valence-corrected chi connectivity index (χ4v) is 4.15. The van der Waals surface area contributed by atoms with Crippen molar-refractivity contribution < 1.29 is 14.3 Å². The highest BCUT2D eigenvalue weighted by atomic mass is 35.5. The van der Waals surface area contributed by atoms with Crippen LogP contribution >= 0.6 is 11.6 Å². The first-order chi connectivity index (χ1) is 17.6. The Morgan fingerprint density at radius 2 is 1.53 bits per heavy atom. The molecule has 0 saturated carbocycles. The van der Waals surface area contributed by atoms with E-state index >= 15 is 0 Å². The molecule has 5 nitrogen and oxygen atoms in total. The second-order valence-electron chi connectivity index (χ2n) is 8.68. The van der Waals surface area contributed by atoms with Crippen LogP contribution in [0, 0.1) is 0 Å². The Kier molecular flexibility index (Phi) is 11.5. The smallest absolute Gasteiger partial charge is 0.243 e. The Morgan fingerprint density at radius 3 is 2.17 bits per heavy atom. The van der Waals surface area contributed by atoms with Crippen molar-refractivity contribution in [2.45, 2.75) is 45.2 Å². The van der Waals surface area contributed by atoms with Gasteiger partial charge >= 0.3 is 0 Å². The first kappa shape index (κ1) is 27.4. The van der Waals surface area contributed by atoms with Gasteiger partial charge < -0.3 is 15.0 Å². The normalized spacial score (nSPS) is 11.6. The summed E-state index contributed by atoms with van der Waals surface area (Å²) in [5.74, 6) is -0.212. The van der Waals surface area contributed by atoms with Crippen LogP contribution in [0.3, 0.4) is 0 Å². The van der Waals surface area contributed by atoms with E-state index in [-0.39, 0.29) is 11.8 Å². The average Bonchev–Trinajstić information content (AvgIpc) is 2.91. The van der Waals surface area contributed by atoms with Crippen molar-refractivity contribution in [3.63, 3.8) is 0 Å². The molecule has 190 valence electrons. The number of hydrogen-bond donors (Lipinski definition) is 1. The number of nitrogens with one attached hydrogen (secondary N) is 1. The summed E-state index contributed by atoms with van der Waals surface area (Å²) in [6, 6.07) is 26.6. The van der Waals surface area contributed by atoms with Gasteiger partial charge in [0.05, 0.1) is 0 Å². The molecule has 0 unspecified atom stereocenters. The summed E-state index contributed by atoms with van der Waals surface area (Å²) >= 11 is 6.09. The number of halogens is 1. The van der Waals surface area contributed by atoms with Crippen LogP contribution < -0.4 is 5.32 Å². The lowest BCUT2D eigenvalue weighted by Gasteiger charge is -2.31. The molecule has 3 aromatic carbocycles. The molecule has 1 N–H and O–H groups in total. The Labute approximate surface area is 219 Å². The van der Waals surface area contributed by atoms with Gasteiger partial charge in [0.15, 0.2) is 0 Å². The molecule has 3 aromatic rings. The summed E-state index contributed by atoms with van der Waals surface area (Å²) in [6.07, 6.45) is 2.09. The predicted molar refractivity (Wildman–Crippen MR) is 145 cm³/mol. The van der Waals surface area contributed by atoms with Crippen molar-refractivity contribution >= 4 is 23.4 Å². The lowest BCUT2D eigenvalue weighted by Crippen LogP contribution is -2.50. The van der Waals surface area contributed by atoms with E-state index in [0.717, 1.165) is 23.1 Å². The van der Waals surface area contributed by atoms with E-state index in [2.05, 4.69) is 5.32 Å². The fourth-order valence-electron chi connectivity index (χ4n) is 4.03. The van der Waals surface area contributed by atoms with E-state index < -0.39 is 6.04 Å². The van der Waals surface area contributed by atoms with E-state index in [0.29, 0.717) is 50.6 Å². The van der Waals surface area contributed by atoms with Gasteiger partial charge in [0.25, 0.3) is 0 Å². The van der Waals surface area contributed by atoms with Crippen molar-refractivity contribution in [1.29, 1.82) is 0 Å². The largest absolute Gasteiger partial charge is 0.382 e. The lowest BCUT2D eigenvalue weighted by molar-refractivity contribution is -0.141. The quantitative estimate of drug-likeness (QED) is 0.295. The van der Waals surface area contributed by atoms with Crippen molar-refractivity contribution in [2.75, 3.05) is 19.8 Å². The lowest BCUT2D eigenvalue weighted by atomic mass is 10.0. The molecule has 2 amide bonds. The molecule has 0 bridgehead atoms. The SMILES string of the molecule is CCOCCCNC(=O)[C@H](Cc1ccccc1)N(Cc1ccc(Cl)cc1)C(=O)CCc1ccccc1. The maximum atomic E-state index is 13.6. The molecular weight excluding hydrogens is 472 g/mol. The summed E-state index contributed by atoms with van der Waals surface area (Å²) in [5.41, 5.74) is 3.02. The minimum Gasteiger partial charge on any atom is -0.382 e. The van der Waals surface area contributed by atoms with Gasteiger partial charge in [-0.3, -0.25) is 9.59 Å². The van der Waals surface area contributed by atoms with Crippen molar-refractivity contribution in [3.05, 3.63) is 107 Å². The third kappa shape index (κ3) is 9.14. The van der Waals surface area contributed by atoms with Gasteiger partial charge in [-0.05, 0) is 48.6 Å². The zero-order chi connectivity index (χ0) is 25.6. The molecular formula is C30H35ClN2O3. The average molecular weight is 507 g/mol.